The molecular weight excluding hydrogens is 307 g/mol. The highest BCUT2D eigenvalue weighted by molar-refractivity contribution is 5.76. The fourth-order valence-corrected chi connectivity index (χ4v) is 3.53. The van der Waals surface area contributed by atoms with Gasteiger partial charge in [-0.25, -0.2) is 9.82 Å². The molecule has 132 valence electrons. The highest BCUT2D eigenvalue weighted by Gasteiger charge is 2.27. The first-order chi connectivity index (χ1) is 11.7. The summed E-state index contributed by atoms with van der Waals surface area (Å²) in [7, 11) is 0. The Kier molecular flexibility index (Phi) is 6.18. The molecular formula is C18H27FN4O. The Labute approximate surface area is 143 Å². The molecule has 2 unspecified atom stereocenters. The van der Waals surface area contributed by atoms with Gasteiger partial charge in [0.05, 0.1) is 6.04 Å². The van der Waals surface area contributed by atoms with Gasteiger partial charge in [-0.1, -0.05) is 18.6 Å². The van der Waals surface area contributed by atoms with E-state index in [1.807, 2.05) is 17.0 Å². The minimum atomic E-state index is -0.207. The van der Waals surface area contributed by atoms with E-state index in [0.717, 1.165) is 57.5 Å². The lowest BCUT2D eigenvalue weighted by molar-refractivity contribution is -0.130. The highest BCUT2D eigenvalue weighted by atomic mass is 19.1. The summed E-state index contributed by atoms with van der Waals surface area (Å²) in [5.74, 6) is 0.486. The van der Waals surface area contributed by atoms with Crippen LogP contribution < -0.4 is 16.2 Å². The molecule has 0 bridgehead atoms. The van der Waals surface area contributed by atoms with E-state index in [1.54, 1.807) is 0 Å². The fourth-order valence-electron chi connectivity index (χ4n) is 3.53. The zero-order valence-electron chi connectivity index (χ0n) is 14.1. The van der Waals surface area contributed by atoms with Crippen LogP contribution in [-0.4, -0.2) is 43.5 Å². The summed E-state index contributed by atoms with van der Waals surface area (Å²) in [5, 5.41) is 3.48. The normalized spacial score (nSPS) is 25.0. The second-order valence-electron chi connectivity index (χ2n) is 6.71. The third kappa shape index (κ3) is 4.53. The van der Waals surface area contributed by atoms with Gasteiger partial charge >= 0.3 is 0 Å². The minimum absolute atomic E-state index is 0.179. The number of halogens is 1. The van der Waals surface area contributed by atoms with Gasteiger partial charge in [-0.05, 0) is 30.5 Å². The Morgan fingerprint density at radius 2 is 2.04 bits per heavy atom. The third-order valence-electron chi connectivity index (χ3n) is 4.96. The molecule has 2 fully saturated rings. The van der Waals surface area contributed by atoms with Gasteiger partial charge < -0.3 is 10.2 Å². The van der Waals surface area contributed by atoms with Crippen molar-refractivity contribution in [3.8, 4) is 0 Å². The van der Waals surface area contributed by atoms with Crippen molar-refractivity contribution in [3.63, 3.8) is 0 Å². The van der Waals surface area contributed by atoms with Gasteiger partial charge in [-0.3, -0.25) is 10.2 Å². The molecule has 2 aliphatic heterocycles. The Morgan fingerprint density at radius 1 is 1.21 bits per heavy atom. The van der Waals surface area contributed by atoms with Crippen LogP contribution in [0.1, 0.15) is 37.3 Å². The maximum Gasteiger partial charge on any atom is 0.222 e. The monoisotopic (exact) mass is 334 g/mol. The van der Waals surface area contributed by atoms with Crippen LogP contribution in [0.15, 0.2) is 24.3 Å². The van der Waals surface area contributed by atoms with E-state index >= 15 is 0 Å². The number of benzene rings is 1. The van der Waals surface area contributed by atoms with Crippen molar-refractivity contribution >= 4 is 5.91 Å². The van der Waals surface area contributed by atoms with Crippen LogP contribution in [-0.2, 0) is 4.79 Å². The van der Waals surface area contributed by atoms with E-state index < -0.39 is 0 Å². The van der Waals surface area contributed by atoms with E-state index in [4.69, 9.17) is 0 Å². The first kappa shape index (κ1) is 17.3. The molecule has 3 rings (SSSR count). The lowest BCUT2D eigenvalue weighted by Crippen LogP contribution is -2.38. The molecule has 2 saturated heterocycles. The summed E-state index contributed by atoms with van der Waals surface area (Å²) in [6.07, 6.45) is 4.01. The number of hydrogen-bond acceptors (Lipinski definition) is 4. The second kappa shape index (κ2) is 8.55. The molecule has 1 amide bonds. The van der Waals surface area contributed by atoms with E-state index in [-0.39, 0.29) is 11.9 Å². The summed E-state index contributed by atoms with van der Waals surface area (Å²) in [4.78, 5) is 14.0. The van der Waals surface area contributed by atoms with Gasteiger partial charge in [0, 0.05) is 45.1 Å². The average Bonchev–Trinajstić information content (AvgIpc) is 2.95. The highest BCUT2D eigenvalue weighted by Crippen LogP contribution is 2.24. The predicted octanol–water partition coefficient (Wildman–Crippen LogP) is 1.58. The van der Waals surface area contributed by atoms with Gasteiger partial charge in [-0.2, -0.15) is 0 Å². The smallest absolute Gasteiger partial charge is 0.222 e. The molecule has 0 saturated carbocycles. The number of likely N-dealkylation sites (tertiary alicyclic amines) is 1. The predicted molar refractivity (Wildman–Crippen MR) is 91.7 cm³/mol. The van der Waals surface area contributed by atoms with Crippen LogP contribution >= 0.6 is 0 Å². The topological polar surface area (TPSA) is 56.4 Å². The largest absolute Gasteiger partial charge is 0.341 e. The molecule has 1 aromatic carbocycles. The van der Waals surface area contributed by atoms with Crippen molar-refractivity contribution in [2.24, 2.45) is 5.92 Å². The van der Waals surface area contributed by atoms with Gasteiger partial charge in [0.2, 0.25) is 5.91 Å². The number of carbonyl (C=O) groups excluding carboxylic acids is 1. The summed E-state index contributed by atoms with van der Waals surface area (Å²) in [6, 6.07) is 6.86. The van der Waals surface area contributed by atoms with E-state index in [1.165, 1.54) is 12.1 Å². The fraction of sp³-hybridized carbons (Fsp3) is 0.611. The molecule has 0 aromatic heterocycles. The zero-order chi connectivity index (χ0) is 16.8. The third-order valence-corrected chi connectivity index (χ3v) is 4.96. The van der Waals surface area contributed by atoms with Crippen molar-refractivity contribution < 1.29 is 9.18 Å². The first-order valence-electron chi connectivity index (χ1n) is 8.96. The number of amides is 1. The van der Waals surface area contributed by atoms with Gasteiger partial charge in [0.25, 0.3) is 0 Å². The maximum atomic E-state index is 13.1. The zero-order valence-corrected chi connectivity index (χ0v) is 14.1. The first-order valence-corrected chi connectivity index (χ1v) is 8.96. The van der Waals surface area contributed by atoms with E-state index in [9.17, 15) is 9.18 Å². The molecule has 0 spiro atoms. The number of rotatable bonds is 6. The standard InChI is InChI=1S/C18H27FN4O/c19-16-7-5-14(6-8-16)18-15(13-21-22-18)12-20-9-11-23-10-3-1-2-4-17(23)24/h5-8,15,18,20-22H,1-4,9-13H2. The molecule has 3 N–H and O–H groups in total. The molecule has 2 aliphatic rings. The lowest BCUT2D eigenvalue weighted by atomic mass is 9.95. The molecule has 0 radical (unpaired) electrons. The van der Waals surface area contributed by atoms with Crippen LogP contribution in [0.4, 0.5) is 4.39 Å². The number of nitrogens with zero attached hydrogens (tertiary/aromatic N) is 1. The van der Waals surface area contributed by atoms with E-state index in [2.05, 4.69) is 16.2 Å². The molecule has 24 heavy (non-hydrogen) atoms. The molecule has 5 nitrogen and oxygen atoms in total. The van der Waals surface area contributed by atoms with Crippen LogP contribution in [0.2, 0.25) is 0 Å². The van der Waals surface area contributed by atoms with Gasteiger partial charge in [0.15, 0.2) is 0 Å². The number of hydrogen-bond donors (Lipinski definition) is 3. The summed E-state index contributed by atoms with van der Waals surface area (Å²) in [5.41, 5.74) is 7.56. The Balaban J connectivity index is 1.44. The summed E-state index contributed by atoms with van der Waals surface area (Å²) < 4.78 is 13.1. The average molecular weight is 334 g/mol. The Bertz CT molecular complexity index is 536. The quantitative estimate of drug-likeness (QED) is 0.692. The van der Waals surface area contributed by atoms with Gasteiger partial charge in [-0.15, -0.1) is 0 Å². The number of hydrazine groups is 1. The second-order valence-corrected chi connectivity index (χ2v) is 6.71. The number of carbonyl (C=O) groups is 1. The Hall–Kier alpha value is -1.50. The van der Waals surface area contributed by atoms with E-state index in [0.29, 0.717) is 18.2 Å². The minimum Gasteiger partial charge on any atom is -0.341 e. The molecule has 6 heteroatoms. The number of nitrogens with one attached hydrogen (secondary N) is 3. The van der Waals surface area contributed by atoms with Crippen molar-refractivity contribution in [2.45, 2.75) is 31.7 Å². The lowest BCUT2D eigenvalue weighted by Gasteiger charge is -2.22. The van der Waals surface area contributed by atoms with Crippen LogP contribution in [0.3, 0.4) is 0 Å². The molecule has 2 heterocycles. The van der Waals surface area contributed by atoms with Crippen molar-refractivity contribution in [3.05, 3.63) is 35.6 Å². The van der Waals surface area contributed by atoms with Crippen LogP contribution in [0, 0.1) is 11.7 Å². The van der Waals surface area contributed by atoms with Crippen LogP contribution in [0.25, 0.3) is 0 Å². The Morgan fingerprint density at radius 3 is 2.88 bits per heavy atom. The summed E-state index contributed by atoms with van der Waals surface area (Å²) >= 11 is 0. The molecule has 2 atom stereocenters. The maximum absolute atomic E-state index is 13.1. The van der Waals surface area contributed by atoms with Gasteiger partial charge in [0.1, 0.15) is 5.82 Å². The van der Waals surface area contributed by atoms with Crippen molar-refractivity contribution in [1.29, 1.82) is 0 Å². The SMILES string of the molecule is O=C1CCCCCN1CCNCC1CNNC1c1ccc(F)cc1. The molecule has 0 aliphatic carbocycles. The molecule has 1 aromatic rings. The van der Waals surface area contributed by atoms with Crippen molar-refractivity contribution in [2.75, 3.05) is 32.7 Å². The summed E-state index contributed by atoms with van der Waals surface area (Å²) in [6.45, 7) is 4.24. The van der Waals surface area contributed by atoms with Crippen molar-refractivity contribution in [1.82, 2.24) is 21.1 Å². The van der Waals surface area contributed by atoms with Crippen LogP contribution in [0.5, 0.6) is 0 Å².